The first kappa shape index (κ1) is 14.2. The summed E-state index contributed by atoms with van der Waals surface area (Å²) in [6.07, 6.45) is 3.48. The predicted molar refractivity (Wildman–Crippen MR) is 75.1 cm³/mol. The van der Waals surface area contributed by atoms with Crippen molar-refractivity contribution in [2.24, 2.45) is 5.73 Å². The molecular weight excluding hydrogens is 208 g/mol. The molecule has 1 unspecified atom stereocenters. The Kier molecular flexibility index (Phi) is 6.90. The second-order valence-electron chi connectivity index (χ2n) is 4.72. The van der Waals surface area contributed by atoms with Crippen LogP contribution >= 0.6 is 0 Å². The molecule has 1 aromatic carbocycles. The van der Waals surface area contributed by atoms with Crippen LogP contribution in [0.2, 0.25) is 0 Å². The van der Waals surface area contributed by atoms with Crippen molar-refractivity contribution in [1.29, 1.82) is 0 Å². The summed E-state index contributed by atoms with van der Waals surface area (Å²) in [4.78, 5) is 0. The molecule has 0 radical (unpaired) electrons. The molecule has 0 heterocycles. The molecule has 2 heteroatoms. The molecule has 1 rings (SSSR count). The lowest BCUT2D eigenvalue weighted by atomic mass is 9.98. The fraction of sp³-hybridized carbons (Fsp3) is 0.600. The number of nitrogens with one attached hydrogen (secondary N) is 1. The van der Waals surface area contributed by atoms with Gasteiger partial charge in [-0.25, -0.2) is 0 Å². The standard InChI is InChI=1S/C15H26N2/c1-3-13(2)15-8-6-14(7-9-15)12-17-11-5-4-10-16/h6-9,13,17H,3-5,10-12,16H2,1-2H3. The lowest BCUT2D eigenvalue weighted by molar-refractivity contribution is 0.627. The number of nitrogens with two attached hydrogens (primary N) is 1. The Hall–Kier alpha value is -0.860. The lowest BCUT2D eigenvalue weighted by Gasteiger charge is -2.10. The van der Waals surface area contributed by atoms with Crippen molar-refractivity contribution in [3.8, 4) is 0 Å². The van der Waals surface area contributed by atoms with Gasteiger partial charge in [-0.15, -0.1) is 0 Å². The smallest absolute Gasteiger partial charge is 0.0205 e. The van der Waals surface area contributed by atoms with Crippen LogP contribution in [0.15, 0.2) is 24.3 Å². The van der Waals surface area contributed by atoms with Crippen LogP contribution in [0, 0.1) is 0 Å². The van der Waals surface area contributed by atoms with Gasteiger partial charge in [0.2, 0.25) is 0 Å². The van der Waals surface area contributed by atoms with E-state index in [9.17, 15) is 0 Å². The van der Waals surface area contributed by atoms with Gasteiger partial charge < -0.3 is 11.1 Å². The monoisotopic (exact) mass is 234 g/mol. The minimum absolute atomic E-state index is 0.668. The van der Waals surface area contributed by atoms with Crippen molar-refractivity contribution in [1.82, 2.24) is 5.32 Å². The molecule has 0 aliphatic heterocycles. The van der Waals surface area contributed by atoms with Crippen LogP contribution in [0.4, 0.5) is 0 Å². The van der Waals surface area contributed by atoms with Crippen molar-refractivity contribution in [3.63, 3.8) is 0 Å². The second-order valence-corrected chi connectivity index (χ2v) is 4.72. The fourth-order valence-electron chi connectivity index (χ4n) is 1.83. The van der Waals surface area contributed by atoms with Crippen molar-refractivity contribution in [2.75, 3.05) is 13.1 Å². The predicted octanol–water partition coefficient (Wildman–Crippen LogP) is 3.03. The Morgan fingerprint density at radius 3 is 2.47 bits per heavy atom. The summed E-state index contributed by atoms with van der Waals surface area (Å²) >= 11 is 0. The molecule has 0 saturated heterocycles. The first-order valence-electron chi connectivity index (χ1n) is 6.77. The molecule has 17 heavy (non-hydrogen) atoms. The van der Waals surface area contributed by atoms with E-state index in [2.05, 4.69) is 43.4 Å². The van der Waals surface area contributed by atoms with Crippen LogP contribution in [-0.2, 0) is 6.54 Å². The molecule has 0 fully saturated rings. The van der Waals surface area contributed by atoms with Gasteiger partial charge in [0.15, 0.2) is 0 Å². The summed E-state index contributed by atoms with van der Waals surface area (Å²) in [6, 6.07) is 8.98. The molecule has 0 aliphatic rings. The highest BCUT2D eigenvalue weighted by Crippen LogP contribution is 2.18. The summed E-state index contributed by atoms with van der Waals surface area (Å²) in [7, 11) is 0. The largest absolute Gasteiger partial charge is 0.330 e. The zero-order valence-corrected chi connectivity index (χ0v) is 11.2. The molecule has 1 atom stereocenters. The first-order chi connectivity index (χ1) is 8.27. The van der Waals surface area contributed by atoms with E-state index in [-0.39, 0.29) is 0 Å². The molecule has 0 aromatic heterocycles. The molecule has 0 aliphatic carbocycles. The molecule has 1 aromatic rings. The van der Waals surface area contributed by atoms with E-state index in [0.29, 0.717) is 5.92 Å². The first-order valence-corrected chi connectivity index (χ1v) is 6.77. The second kappa shape index (κ2) is 8.26. The Morgan fingerprint density at radius 2 is 1.88 bits per heavy atom. The van der Waals surface area contributed by atoms with E-state index < -0.39 is 0 Å². The van der Waals surface area contributed by atoms with Gasteiger partial charge in [0.25, 0.3) is 0 Å². The number of unbranched alkanes of at least 4 members (excludes halogenated alkanes) is 1. The highest BCUT2D eigenvalue weighted by atomic mass is 14.8. The number of hydrogen-bond donors (Lipinski definition) is 2. The van der Waals surface area contributed by atoms with E-state index in [0.717, 1.165) is 26.1 Å². The number of rotatable bonds is 8. The molecule has 0 spiro atoms. The Bertz CT molecular complexity index is 292. The third-order valence-electron chi connectivity index (χ3n) is 3.30. The molecule has 2 nitrogen and oxygen atoms in total. The molecule has 0 bridgehead atoms. The molecule has 96 valence electrons. The maximum atomic E-state index is 5.45. The number of benzene rings is 1. The molecule has 0 amide bonds. The SMILES string of the molecule is CCC(C)c1ccc(CNCCCCN)cc1. The quantitative estimate of drug-likeness (QED) is 0.679. The van der Waals surface area contributed by atoms with Crippen LogP contribution in [0.25, 0.3) is 0 Å². The Labute approximate surface area is 106 Å². The van der Waals surface area contributed by atoms with Crippen LogP contribution in [-0.4, -0.2) is 13.1 Å². The van der Waals surface area contributed by atoms with Crippen molar-refractivity contribution >= 4 is 0 Å². The summed E-state index contributed by atoms with van der Waals surface area (Å²) < 4.78 is 0. The van der Waals surface area contributed by atoms with Crippen LogP contribution in [0.3, 0.4) is 0 Å². The van der Waals surface area contributed by atoms with Crippen molar-refractivity contribution in [3.05, 3.63) is 35.4 Å². The zero-order valence-electron chi connectivity index (χ0n) is 11.2. The molecule has 3 N–H and O–H groups in total. The van der Waals surface area contributed by atoms with Crippen LogP contribution in [0.5, 0.6) is 0 Å². The van der Waals surface area contributed by atoms with E-state index in [1.54, 1.807) is 0 Å². The van der Waals surface area contributed by atoms with Gasteiger partial charge in [-0.05, 0) is 49.4 Å². The minimum Gasteiger partial charge on any atom is -0.330 e. The normalized spacial score (nSPS) is 12.6. The summed E-state index contributed by atoms with van der Waals surface area (Å²) in [5, 5.41) is 3.44. The zero-order chi connectivity index (χ0) is 12.5. The van der Waals surface area contributed by atoms with Crippen LogP contribution in [0.1, 0.15) is 50.2 Å². The van der Waals surface area contributed by atoms with Crippen molar-refractivity contribution in [2.45, 2.75) is 45.6 Å². The number of hydrogen-bond acceptors (Lipinski definition) is 2. The summed E-state index contributed by atoms with van der Waals surface area (Å²) in [5.74, 6) is 0.668. The fourth-order valence-corrected chi connectivity index (χ4v) is 1.83. The van der Waals surface area contributed by atoms with Gasteiger partial charge in [0.1, 0.15) is 0 Å². The van der Waals surface area contributed by atoms with E-state index >= 15 is 0 Å². The third kappa shape index (κ3) is 5.33. The molecule has 0 saturated carbocycles. The van der Waals surface area contributed by atoms with Gasteiger partial charge in [-0.2, -0.15) is 0 Å². The summed E-state index contributed by atoms with van der Waals surface area (Å²) in [5.41, 5.74) is 8.26. The highest BCUT2D eigenvalue weighted by Gasteiger charge is 2.01. The van der Waals surface area contributed by atoms with E-state index in [1.165, 1.54) is 24.0 Å². The maximum Gasteiger partial charge on any atom is 0.0205 e. The maximum absolute atomic E-state index is 5.45. The van der Waals surface area contributed by atoms with E-state index in [1.807, 2.05) is 0 Å². The van der Waals surface area contributed by atoms with Crippen molar-refractivity contribution < 1.29 is 0 Å². The van der Waals surface area contributed by atoms with Gasteiger partial charge in [-0.3, -0.25) is 0 Å². The third-order valence-corrected chi connectivity index (χ3v) is 3.30. The highest BCUT2D eigenvalue weighted by molar-refractivity contribution is 5.24. The lowest BCUT2D eigenvalue weighted by Crippen LogP contribution is -2.15. The Balaban J connectivity index is 2.30. The average Bonchev–Trinajstić information content (AvgIpc) is 2.38. The Morgan fingerprint density at radius 1 is 1.18 bits per heavy atom. The minimum atomic E-state index is 0.668. The van der Waals surface area contributed by atoms with E-state index in [4.69, 9.17) is 5.73 Å². The summed E-state index contributed by atoms with van der Waals surface area (Å²) in [6.45, 7) is 7.33. The van der Waals surface area contributed by atoms with Gasteiger partial charge >= 0.3 is 0 Å². The van der Waals surface area contributed by atoms with Gasteiger partial charge in [-0.1, -0.05) is 38.1 Å². The van der Waals surface area contributed by atoms with Gasteiger partial charge in [0, 0.05) is 6.54 Å². The topological polar surface area (TPSA) is 38.0 Å². The van der Waals surface area contributed by atoms with Crippen LogP contribution < -0.4 is 11.1 Å². The van der Waals surface area contributed by atoms with Gasteiger partial charge in [0.05, 0.1) is 0 Å². The molecular formula is C15H26N2. The average molecular weight is 234 g/mol.